The van der Waals surface area contributed by atoms with E-state index < -0.39 is 5.91 Å². The van der Waals surface area contributed by atoms with Crippen LogP contribution >= 0.6 is 0 Å². The number of ether oxygens (including phenoxy) is 2. The molecule has 0 aromatic heterocycles. The van der Waals surface area contributed by atoms with E-state index in [0.717, 1.165) is 27.5 Å². The highest BCUT2D eigenvalue weighted by Crippen LogP contribution is 2.31. The molecule has 4 aromatic carbocycles. The lowest BCUT2D eigenvalue weighted by Gasteiger charge is -2.14. The van der Waals surface area contributed by atoms with Crippen molar-refractivity contribution in [3.63, 3.8) is 0 Å². The molecule has 0 bridgehead atoms. The molecule has 0 saturated carbocycles. The van der Waals surface area contributed by atoms with E-state index in [2.05, 4.69) is 23.5 Å². The van der Waals surface area contributed by atoms with Crippen LogP contribution in [0, 0.1) is 25.2 Å². The molecule has 0 aliphatic carbocycles. The number of anilines is 1. The lowest BCUT2D eigenvalue weighted by Crippen LogP contribution is -2.14. The van der Waals surface area contributed by atoms with Crippen molar-refractivity contribution < 1.29 is 14.3 Å². The number of benzene rings is 4. The molecule has 0 aliphatic heterocycles. The van der Waals surface area contributed by atoms with E-state index >= 15 is 0 Å². The van der Waals surface area contributed by atoms with Crippen LogP contribution in [0.15, 0.2) is 84.4 Å². The minimum Gasteiger partial charge on any atom is -0.490 e. The lowest BCUT2D eigenvalue weighted by atomic mass is 10.1. The Morgan fingerprint density at radius 3 is 2.56 bits per heavy atom. The number of nitriles is 1. The molecule has 0 saturated heterocycles. The van der Waals surface area contributed by atoms with Crippen LogP contribution in [0.3, 0.4) is 0 Å². The third-order valence-electron chi connectivity index (χ3n) is 5.85. The molecular weight excluding hydrogens is 448 g/mol. The van der Waals surface area contributed by atoms with Gasteiger partial charge in [-0.1, -0.05) is 60.7 Å². The SMILES string of the molecule is CCOc1cc(/C=C(\C#N)C(=O)Nc2cc(C)ccc2C)ccc1OCc1cccc2ccccc12. The zero-order valence-corrected chi connectivity index (χ0v) is 20.7. The number of nitrogens with one attached hydrogen (secondary N) is 1. The molecule has 0 spiro atoms. The first-order valence-corrected chi connectivity index (χ1v) is 11.8. The van der Waals surface area contributed by atoms with Crippen molar-refractivity contribution in [2.24, 2.45) is 0 Å². The highest BCUT2D eigenvalue weighted by molar-refractivity contribution is 6.10. The van der Waals surface area contributed by atoms with Gasteiger partial charge in [-0.15, -0.1) is 0 Å². The van der Waals surface area contributed by atoms with Crippen LogP contribution < -0.4 is 14.8 Å². The smallest absolute Gasteiger partial charge is 0.266 e. The van der Waals surface area contributed by atoms with Gasteiger partial charge >= 0.3 is 0 Å². The fourth-order valence-electron chi connectivity index (χ4n) is 3.95. The molecule has 0 unspecified atom stereocenters. The second-order valence-corrected chi connectivity index (χ2v) is 8.51. The van der Waals surface area contributed by atoms with Gasteiger partial charge in [0.05, 0.1) is 6.61 Å². The Morgan fingerprint density at radius 1 is 0.944 bits per heavy atom. The molecule has 180 valence electrons. The van der Waals surface area contributed by atoms with Crippen LogP contribution in [0.4, 0.5) is 5.69 Å². The number of nitrogens with zero attached hydrogens (tertiary/aromatic N) is 1. The zero-order valence-electron chi connectivity index (χ0n) is 20.7. The predicted octanol–water partition coefficient (Wildman–Crippen LogP) is 6.98. The number of carbonyl (C=O) groups is 1. The standard InChI is InChI=1S/C31H28N2O3/c1-4-35-30-18-23(17-26(19-32)31(34)33-28-16-21(2)12-13-22(28)3)14-15-29(30)36-20-25-10-7-9-24-8-5-6-11-27(24)25/h5-18H,4,20H2,1-3H3,(H,33,34)/b26-17+. The average Bonchev–Trinajstić information content (AvgIpc) is 2.89. The molecule has 36 heavy (non-hydrogen) atoms. The van der Waals surface area contributed by atoms with Gasteiger partial charge in [-0.25, -0.2) is 0 Å². The summed E-state index contributed by atoms with van der Waals surface area (Å²) in [5.74, 6) is 0.694. The first-order chi connectivity index (χ1) is 17.5. The van der Waals surface area contributed by atoms with Gasteiger partial charge in [-0.2, -0.15) is 5.26 Å². The average molecular weight is 477 g/mol. The van der Waals surface area contributed by atoms with Gasteiger partial charge in [-0.3, -0.25) is 4.79 Å². The molecular formula is C31H28N2O3. The summed E-state index contributed by atoms with van der Waals surface area (Å²) in [6.45, 7) is 6.61. The molecule has 4 aromatic rings. The van der Waals surface area contributed by atoms with E-state index in [-0.39, 0.29) is 5.57 Å². The molecule has 0 aliphatic rings. The van der Waals surface area contributed by atoms with Gasteiger partial charge < -0.3 is 14.8 Å². The fourth-order valence-corrected chi connectivity index (χ4v) is 3.95. The number of rotatable bonds is 8. The van der Waals surface area contributed by atoms with E-state index in [1.54, 1.807) is 18.2 Å². The Bertz CT molecular complexity index is 1480. The van der Waals surface area contributed by atoms with Crippen LogP contribution in [0.2, 0.25) is 0 Å². The molecule has 5 nitrogen and oxygen atoms in total. The zero-order chi connectivity index (χ0) is 25.5. The topological polar surface area (TPSA) is 71.3 Å². The van der Waals surface area contributed by atoms with Gasteiger partial charge in [0.25, 0.3) is 5.91 Å². The summed E-state index contributed by atoms with van der Waals surface area (Å²) in [7, 11) is 0. The van der Waals surface area contributed by atoms with E-state index in [1.165, 1.54) is 0 Å². The first kappa shape index (κ1) is 24.6. The second-order valence-electron chi connectivity index (χ2n) is 8.51. The summed E-state index contributed by atoms with van der Waals surface area (Å²) >= 11 is 0. The van der Waals surface area contributed by atoms with Crippen molar-refractivity contribution in [1.82, 2.24) is 0 Å². The first-order valence-electron chi connectivity index (χ1n) is 11.8. The number of hydrogen-bond acceptors (Lipinski definition) is 4. The number of carbonyl (C=O) groups excluding carboxylic acids is 1. The Morgan fingerprint density at radius 2 is 1.75 bits per heavy atom. The Hall–Kier alpha value is -4.56. The van der Waals surface area contributed by atoms with Crippen molar-refractivity contribution in [3.05, 3.63) is 107 Å². The third-order valence-corrected chi connectivity index (χ3v) is 5.85. The van der Waals surface area contributed by atoms with Crippen LogP contribution in [-0.4, -0.2) is 12.5 Å². The summed E-state index contributed by atoms with van der Waals surface area (Å²) < 4.78 is 11.9. The summed E-state index contributed by atoms with van der Waals surface area (Å²) in [5, 5.41) is 14.8. The predicted molar refractivity (Wildman–Crippen MR) is 144 cm³/mol. The second kappa shape index (κ2) is 11.2. The monoisotopic (exact) mass is 476 g/mol. The van der Waals surface area contributed by atoms with Crippen molar-refractivity contribution in [2.75, 3.05) is 11.9 Å². The summed E-state index contributed by atoms with van der Waals surface area (Å²) in [6.07, 6.45) is 1.55. The number of aryl methyl sites for hydroxylation is 2. The van der Waals surface area contributed by atoms with Crippen molar-refractivity contribution >= 4 is 28.4 Å². The number of fused-ring (bicyclic) bond motifs is 1. The normalized spacial score (nSPS) is 11.1. The highest BCUT2D eigenvalue weighted by atomic mass is 16.5. The molecule has 0 fully saturated rings. The van der Waals surface area contributed by atoms with E-state index in [1.807, 2.05) is 75.4 Å². The lowest BCUT2D eigenvalue weighted by molar-refractivity contribution is -0.112. The van der Waals surface area contributed by atoms with Crippen LogP contribution in [0.5, 0.6) is 11.5 Å². The number of hydrogen-bond donors (Lipinski definition) is 1. The summed E-state index contributed by atoms with van der Waals surface area (Å²) in [4.78, 5) is 12.8. The third kappa shape index (κ3) is 5.73. The molecule has 1 N–H and O–H groups in total. The van der Waals surface area contributed by atoms with Crippen molar-refractivity contribution in [3.8, 4) is 17.6 Å². The van der Waals surface area contributed by atoms with Crippen LogP contribution in [-0.2, 0) is 11.4 Å². The Balaban J connectivity index is 1.55. The number of amides is 1. The highest BCUT2D eigenvalue weighted by Gasteiger charge is 2.13. The van der Waals surface area contributed by atoms with Crippen LogP contribution in [0.1, 0.15) is 29.2 Å². The minimum absolute atomic E-state index is 0.00257. The van der Waals surface area contributed by atoms with E-state index in [9.17, 15) is 10.1 Å². The largest absolute Gasteiger partial charge is 0.490 e. The molecule has 1 amide bonds. The van der Waals surface area contributed by atoms with Gasteiger partial charge in [0.2, 0.25) is 0 Å². The molecule has 4 rings (SSSR count). The molecule has 5 heteroatoms. The Labute approximate surface area is 211 Å². The quantitative estimate of drug-likeness (QED) is 0.220. The van der Waals surface area contributed by atoms with Crippen LogP contribution in [0.25, 0.3) is 16.8 Å². The van der Waals surface area contributed by atoms with E-state index in [0.29, 0.717) is 36.0 Å². The maximum Gasteiger partial charge on any atom is 0.266 e. The maximum atomic E-state index is 12.8. The molecule has 0 atom stereocenters. The summed E-state index contributed by atoms with van der Waals surface area (Å²) in [6, 6.07) is 27.5. The van der Waals surface area contributed by atoms with Crippen molar-refractivity contribution in [1.29, 1.82) is 5.26 Å². The minimum atomic E-state index is -0.458. The van der Waals surface area contributed by atoms with Gasteiger partial charge in [0.1, 0.15) is 18.2 Å². The van der Waals surface area contributed by atoms with Gasteiger partial charge in [0.15, 0.2) is 11.5 Å². The van der Waals surface area contributed by atoms with Gasteiger partial charge in [-0.05, 0) is 78.1 Å². The maximum absolute atomic E-state index is 12.8. The van der Waals surface area contributed by atoms with E-state index in [4.69, 9.17) is 9.47 Å². The molecule has 0 heterocycles. The fraction of sp³-hybridized carbons (Fsp3) is 0.161. The Kier molecular flexibility index (Phi) is 7.67. The van der Waals surface area contributed by atoms with Crippen molar-refractivity contribution in [2.45, 2.75) is 27.4 Å². The summed E-state index contributed by atoms with van der Waals surface area (Å²) in [5.41, 5.74) is 4.39. The molecule has 0 radical (unpaired) electrons. The van der Waals surface area contributed by atoms with Gasteiger partial charge in [0, 0.05) is 5.69 Å².